The molecule has 6 nitrogen and oxygen atoms in total. The van der Waals surface area contributed by atoms with Crippen LogP contribution in [0.15, 0.2) is 76.9 Å². The van der Waals surface area contributed by atoms with Crippen LogP contribution < -0.4 is 5.32 Å². The van der Waals surface area contributed by atoms with Gasteiger partial charge in [-0.05, 0) is 54.1 Å². The molecule has 2 heterocycles. The maximum atomic E-state index is 13.6. The lowest BCUT2D eigenvalue weighted by Crippen LogP contribution is -2.07. The molecule has 0 fully saturated rings. The van der Waals surface area contributed by atoms with Gasteiger partial charge in [-0.1, -0.05) is 23.9 Å². The van der Waals surface area contributed by atoms with Crippen molar-refractivity contribution < 1.29 is 13.4 Å². The first-order valence-electron chi connectivity index (χ1n) is 10.4. The van der Waals surface area contributed by atoms with E-state index in [0.29, 0.717) is 17.3 Å². The van der Waals surface area contributed by atoms with Crippen LogP contribution in [0, 0.1) is 5.82 Å². The predicted molar refractivity (Wildman–Crippen MR) is 134 cm³/mol. The number of nitrogens with zero attached hydrogens (tertiary/aromatic N) is 3. The Bertz CT molecular complexity index is 1350. The summed E-state index contributed by atoms with van der Waals surface area (Å²) in [4.78, 5) is 21.4. The van der Waals surface area contributed by atoms with Crippen LogP contribution in [-0.2, 0) is 28.4 Å². The molecule has 174 valence electrons. The van der Waals surface area contributed by atoms with Gasteiger partial charge < -0.3 is 9.88 Å². The molecule has 1 N–H and O–H groups in total. The average Bonchev–Trinajstić information content (AvgIpc) is 3.14. The van der Waals surface area contributed by atoms with Crippen molar-refractivity contribution in [3.05, 3.63) is 78.2 Å². The molecule has 1 unspecified atom stereocenters. The Balaban J connectivity index is 1.72. The van der Waals surface area contributed by atoms with Crippen molar-refractivity contribution in [3.63, 3.8) is 0 Å². The highest BCUT2D eigenvalue weighted by Gasteiger charge is 2.19. The largest absolute Gasteiger partial charge is 0.322 e. The van der Waals surface area contributed by atoms with E-state index in [-0.39, 0.29) is 11.7 Å². The fraction of sp³-hybridized carbons (Fsp3) is 0.160. The number of carbonyl (C=O) groups excluding carboxylic acids is 1. The van der Waals surface area contributed by atoms with Gasteiger partial charge in [-0.15, -0.1) is 0 Å². The lowest BCUT2D eigenvalue weighted by atomic mass is 10.1. The van der Waals surface area contributed by atoms with Crippen LogP contribution in [0.4, 0.5) is 10.2 Å². The van der Waals surface area contributed by atoms with Crippen molar-refractivity contribution in [2.75, 3.05) is 11.6 Å². The molecule has 2 aromatic heterocycles. The lowest BCUT2D eigenvalue weighted by Gasteiger charge is -2.10. The van der Waals surface area contributed by atoms with Gasteiger partial charge in [-0.3, -0.25) is 9.00 Å². The van der Waals surface area contributed by atoms with Crippen molar-refractivity contribution >= 4 is 34.3 Å². The Labute approximate surface area is 204 Å². The van der Waals surface area contributed by atoms with E-state index in [1.165, 1.54) is 19.1 Å². The standard InChI is InChI=1S/C25H23FN4O2S2/c1-16(31)28-22-14-19(12-13-27-22)24-23(18-6-8-20(26)9-7-18)29-25(30(24)2)33-15-17-4-10-21(11-5-17)34(3)32/h4-14H,15H2,1-3H3,(H,27,28,31). The molecule has 1 amide bonds. The van der Waals surface area contributed by atoms with E-state index in [9.17, 15) is 13.4 Å². The highest BCUT2D eigenvalue weighted by molar-refractivity contribution is 7.98. The Morgan fingerprint density at radius 3 is 2.44 bits per heavy atom. The number of benzene rings is 2. The maximum Gasteiger partial charge on any atom is 0.222 e. The summed E-state index contributed by atoms with van der Waals surface area (Å²) < 4.78 is 27.2. The van der Waals surface area contributed by atoms with Gasteiger partial charge in [0, 0.05) is 59.0 Å². The highest BCUT2D eigenvalue weighted by Crippen LogP contribution is 2.36. The summed E-state index contributed by atoms with van der Waals surface area (Å²) in [6.45, 7) is 1.43. The van der Waals surface area contributed by atoms with Crippen molar-refractivity contribution in [3.8, 4) is 22.5 Å². The molecule has 0 spiro atoms. The van der Waals surface area contributed by atoms with Gasteiger partial charge in [-0.25, -0.2) is 14.4 Å². The molecule has 0 aliphatic heterocycles. The number of hydrogen-bond donors (Lipinski definition) is 1. The molecule has 0 saturated carbocycles. The minimum absolute atomic E-state index is 0.206. The molecule has 9 heteroatoms. The number of hydrogen-bond acceptors (Lipinski definition) is 5. The first kappa shape index (κ1) is 23.8. The van der Waals surface area contributed by atoms with Crippen LogP contribution >= 0.6 is 11.8 Å². The van der Waals surface area contributed by atoms with E-state index in [4.69, 9.17) is 4.98 Å². The van der Waals surface area contributed by atoms with Crippen molar-refractivity contribution in [1.82, 2.24) is 14.5 Å². The van der Waals surface area contributed by atoms with Gasteiger partial charge in [0.1, 0.15) is 11.6 Å². The van der Waals surface area contributed by atoms with Gasteiger partial charge in [-0.2, -0.15) is 0 Å². The molecular formula is C25H23FN4O2S2. The number of anilines is 1. The van der Waals surface area contributed by atoms with Crippen LogP contribution in [0.25, 0.3) is 22.5 Å². The number of pyridine rings is 1. The zero-order chi connectivity index (χ0) is 24.2. The second kappa shape index (κ2) is 10.3. The third-order valence-electron chi connectivity index (χ3n) is 5.13. The molecule has 4 aromatic rings. The molecule has 0 aliphatic rings. The summed E-state index contributed by atoms with van der Waals surface area (Å²) in [5, 5.41) is 3.50. The van der Waals surface area contributed by atoms with Crippen LogP contribution in [0.3, 0.4) is 0 Å². The quantitative estimate of drug-likeness (QED) is 0.354. The lowest BCUT2D eigenvalue weighted by molar-refractivity contribution is -0.114. The monoisotopic (exact) mass is 494 g/mol. The maximum absolute atomic E-state index is 13.6. The summed E-state index contributed by atoms with van der Waals surface area (Å²) in [6, 6.07) is 17.6. The molecule has 34 heavy (non-hydrogen) atoms. The van der Waals surface area contributed by atoms with Gasteiger partial charge in [0.05, 0.1) is 11.4 Å². The summed E-state index contributed by atoms with van der Waals surface area (Å²) in [7, 11) is 0.918. The fourth-order valence-corrected chi connectivity index (χ4v) is 4.95. The molecule has 4 rings (SSSR count). The van der Waals surface area contributed by atoms with Gasteiger partial charge in [0.15, 0.2) is 5.16 Å². The summed E-state index contributed by atoms with van der Waals surface area (Å²) in [5.41, 5.74) is 4.24. The number of imidazole rings is 1. The number of rotatable bonds is 7. The zero-order valence-electron chi connectivity index (χ0n) is 18.9. The van der Waals surface area contributed by atoms with E-state index in [1.54, 1.807) is 42.4 Å². The Morgan fingerprint density at radius 1 is 1.09 bits per heavy atom. The number of carbonyl (C=O) groups is 1. The number of aromatic nitrogens is 3. The summed E-state index contributed by atoms with van der Waals surface area (Å²) >= 11 is 1.57. The molecule has 1 atom stereocenters. The number of amides is 1. The SMILES string of the molecule is CC(=O)Nc1cc(-c2c(-c3ccc(F)cc3)nc(SCc3ccc(S(C)=O)cc3)n2C)ccn1. The van der Waals surface area contributed by atoms with Crippen molar-refractivity contribution in [2.24, 2.45) is 7.05 Å². The Kier molecular flexibility index (Phi) is 7.23. The van der Waals surface area contributed by atoms with E-state index < -0.39 is 10.8 Å². The van der Waals surface area contributed by atoms with Gasteiger partial charge in [0.25, 0.3) is 0 Å². The predicted octanol–water partition coefficient (Wildman–Crippen LogP) is 5.28. The zero-order valence-corrected chi connectivity index (χ0v) is 20.5. The molecule has 2 aromatic carbocycles. The molecule has 0 bridgehead atoms. The minimum Gasteiger partial charge on any atom is -0.322 e. The third kappa shape index (κ3) is 5.43. The molecule has 0 radical (unpaired) electrons. The minimum atomic E-state index is -1.01. The number of thioether (sulfide) groups is 1. The summed E-state index contributed by atoms with van der Waals surface area (Å²) in [6.07, 6.45) is 3.29. The van der Waals surface area contributed by atoms with E-state index in [2.05, 4.69) is 10.3 Å². The van der Waals surface area contributed by atoms with Crippen LogP contribution in [0.1, 0.15) is 12.5 Å². The van der Waals surface area contributed by atoms with Crippen molar-refractivity contribution in [1.29, 1.82) is 0 Å². The van der Waals surface area contributed by atoms with Crippen LogP contribution in [-0.4, -0.2) is 30.9 Å². The van der Waals surface area contributed by atoms with Gasteiger partial charge >= 0.3 is 0 Å². The fourth-order valence-electron chi connectivity index (χ4n) is 3.50. The third-order valence-corrected chi connectivity index (χ3v) is 7.17. The first-order valence-corrected chi connectivity index (χ1v) is 13.0. The first-order chi connectivity index (χ1) is 16.3. The van der Waals surface area contributed by atoms with Crippen molar-refractivity contribution in [2.45, 2.75) is 22.7 Å². The van der Waals surface area contributed by atoms with E-state index in [1.807, 2.05) is 41.9 Å². The topological polar surface area (TPSA) is 76.9 Å². The van der Waals surface area contributed by atoms with E-state index in [0.717, 1.165) is 32.4 Å². The molecule has 0 aliphatic carbocycles. The summed E-state index contributed by atoms with van der Waals surface area (Å²) in [5.74, 6) is 0.600. The van der Waals surface area contributed by atoms with Crippen LogP contribution in [0.5, 0.6) is 0 Å². The van der Waals surface area contributed by atoms with Crippen LogP contribution in [0.2, 0.25) is 0 Å². The second-order valence-electron chi connectivity index (χ2n) is 7.66. The molecular weight excluding hydrogens is 471 g/mol. The molecule has 0 saturated heterocycles. The van der Waals surface area contributed by atoms with Gasteiger partial charge in [0.2, 0.25) is 5.91 Å². The number of halogens is 1. The Morgan fingerprint density at radius 2 is 1.79 bits per heavy atom. The highest BCUT2D eigenvalue weighted by atomic mass is 32.2. The normalized spacial score (nSPS) is 11.9. The second-order valence-corrected chi connectivity index (χ2v) is 9.98. The Hall–Kier alpha value is -3.30. The average molecular weight is 495 g/mol. The smallest absolute Gasteiger partial charge is 0.222 e. The van der Waals surface area contributed by atoms with E-state index >= 15 is 0 Å². The number of nitrogens with one attached hydrogen (secondary N) is 1.